The van der Waals surface area contributed by atoms with E-state index in [1.807, 2.05) is 6.07 Å². The number of fused-ring (bicyclic) bond motifs is 1. The van der Waals surface area contributed by atoms with E-state index in [-0.39, 0.29) is 0 Å². The van der Waals surface area contributed by atoms with Gasteiger partial charge in [0.1, 0.15) is 0 Å². The molecule has 2 nitrogen and oxygen atoms in total. The third kappa shape index (κ3) is 2.98. The summed E-state index contributed by atoms with van der Waals surface area (Å²) < 4.78 is 1.01. The van der Waals surface area contributed by atoms with Gasteiger partial charge in [-0.25, -0.2) is 0 Å². The number of H-pyrrole nitrogens is 1. The largest absolute Gasteiger partial charge is 0.353 e. The quantitative estimate of drug-likeness (QED) is 0.517. The molecular formula is C17H18BrClN2S. The fraction of sp³-hybridized carbons (Fsp3) is 0.294. The number of hydrogen-bond acceptors (Lipinski definition) is 2. The van der Waals surface area contributed by atoms with Crippen LogP contribution in [0.5, 0.6) is 0 Å². The maximum atomic E-state index is 6.26. The van der Waals surface area contributed by atoms with Crippen molar-refractivity contribution in [3.05, 3.63) is 44.2 Å². The number of halogens is 2. The van der Waals surface area contributed by atoms with E-state index in [1.54, 1.807) is 11.3 Å². The molecule has 116 valence electrons. The molecule has 0 saturated carbocycles. The topological polar surface area (TPSA) is 41.8 Å². The second kappa shape index (κ2) is 6.75. The van der Waals surface area contributed by atoms with E-state index in [0.29, 0.717) is 0 Å². The standard InChI is InChI=1S/C17H18BrClN2S/c1-10-5-7-22-17(10)16-12(4-2-3-6-20)13-8-11(19)9-14(18)15(13)21-16/h5,7-9,21H,2-4,6,20H2,1H3. The summed E-state index contributed by atoms with van der Waals surface area (Å²) in [5.74, 6) is 0. The summed E-state index contributed by atoms with van der Waals surface area (Å²) >= 11 is 11.7. The summed E-state index contributed by atoms with van der Waals surface area (Å²) in [4.78, 5) is 4.91. The molecular weight excluding hydrogens is 380 g/mol. The Labute approximate surface area is 147 Å². The minimum Gasteiger partial charge on any atom is -0.353 e. The zero-order chi connectivity index (χ0) is 15.7. The molecule has 3 aromatic rings. The van der Waals surface area contributed by atoms with Crippen LogP contribution in [0.25, 0.3) is 21.5 Å². The highest BCUT2D eigenvalue weighted by Gasteiger charge is 2.17. The summed E-state index contributed by atoms with van der Waals surface area (Å²) in [6.07, 6.45) is 3.14. The van der Waals surface area contributed by atoms with E-state index in [1.165, 1.54) is 27.1 Å². The van der Waals surface area contributed by atoms with Crippen LogP contribution >= 0.6 is 38.9 Å². The summed E-state index contributed by atoms with van der Waals surface area (Å²) in [5.41, 5.74) is 10.6. The van der Waals surface area contributed by atoms with Gasteiger partial charge in [-0.05, 0) is 83.4 Å². The van der Waals surface area contributed by atoms with Gasteiger partial charge < -0.3 is 10.7 Å². The van der Waals surface area contributed by atoms with Gasteiger partial charge in [-0.15, -0.1) is 11.3 Å². The van der Waals surface area contributed by atoms with Crippen LogP contribution in [-0.4, -0.2) is 11.5 Å². The molecule has 0 saturated heterocycles. The lowest BCUT2D eigenvalue weighted by molar-refractivity contribution is 0.748. The van der Waals surface area contributed by atoms with Crippen molar-refractivity contribution < 1.29 is 0 Å². The number of aryl methyl sites for hydroxylation is 2. The minimum atomic E-state index is 0.736. The molecule has 0 radical (unpaired) electrons. The van der Waals surface area contributed by atoms with Crippen LogP contribution in [0, 0.1) is 6.92 Å². The summed E-state index contributed by atoms with van der Waals surface area (Å²) in [5, 5.41) is 4.11. The van der Waals surface area contributed by atoms with Crippen molar-refractivity contribution in [3.63, 3.8) is 0 Å². The van der Waals surface area contributed by atoms with E-state index in [2.05, 4.69) is 45.4 Å². The highest BCUT2D eigenvalue weighted by Crippen LogP contribution is 2.39. The average Bonchev–Trinajstić information content (AvgIpc) is 3.03. The first kappa shape index (κ1) is 16.1. The lowest BCUT2D eigenvalue weighted by atomic mass is 10.0. The van der Waals surface area contributed by atoms with E-state index in [9.17, 15) is 0 Å². The van der Waals surface area contributed by atoms with Gasteiger partial charge in [0, 0.05) is 14.9 Å². The molecule has 2 heterocycles. The predicted molar refractivity (Wildman–Crippen MR) is 101 cm³/mol. The Kier molecular flexibility index (Phi) is 4.93. The van der Waals surface area contributed by atoms with Gasteiger partial charge in [0.15, 0.2) is 0 Å². The van der Waals surface area contributed by atoms with Crippen molar-refractivity contribution in [1.82, 2.24) is 4.98 Å². The van der Waals surface area contributed by atoms with E-state index >= 15 is 0 Å². The molecule has 3 N–H and O–H groups in total. The molecule has 0 aliphatic rings. The van der Waals surface area contributed by atoms with Gasteiger partial charge in [-0.1, -0.05) is 11.6 Å². The Balaban J connectivity index is 2.19. The summed E-state index contributed by atoms with van der Waals surface area (Å²) in [6.45, 7) is 2.89. The third-order valence-corrected chi connectivity index (χ3v) is 5.78. The van der Waals surface area contributed by atoms with Crippen molar-refractivity contribution in [2.45, 2.75) is 26.2 Å². The first-order valence-corrected chi connectivity index (χ1v) is 9.41. The van der Waals surface area contributed by atoms with Crippen molar-refractivity contribution >= 4 is 49.8 Å². The van der Waals surface area contributed by atoms with Crippen molar-refractivity contribution in [3.8, 4) is 10.6 Å². The van der Waals surface area contributed by atoms with E-state index < -0.39 is 0 Å². The van der Waals surface area contributed by atoms with E-state index in [4.69, 9.17) is 17.3 Å². The SMILES string of the molecule is Cc1ccsc1-c1[nH]c2c(Br)cc(Cl)cc2c1CCCCN. The number of thiophene rings is 1. The Morgan fingerprint density at radius 2 is 2.14 bits per heavy atom. The van der Waals surface area contributed by atoms with Crippen LogP contribution in [0.1, 0.15) is 24.0 Å². The monoisotopic (exact) mass is 396 g/mol. The minimum absolute atomic E-state index is 0.736. The van der Waals surface area contributed by atoms with Crippen LogP contribution < -0.4 is 5.73 Å². The van der Waals surface area contributed by atoms with Gasteiger partial charge in [-0.3, -0.25) is 0 Å². The Bertz CT molecular complexity index is 806. The van der Waals surface area contributed by atoms with Gasteiger partial charge >= 0.3 is 0 Å². The van der Waals surface area contributed by atoms with Crippen LogP contribution in [-0.2, 0) is 6.42 Å². The molecule has 2 aromatic heterocycles. The normalized spacial score (nSPS) is 11.5. The fourth-order valence-electron chi connectivity index (χ4n) is 2.80. The average molecular weight is 398 g/mol. The number of hydrogen-bond donors (Lipinski definition) is 2. The second-order valence-electron chi connectivity index (χ2n) is 5.47. The van der Waals surface area contributed by atoms with Gasteiger partial charge in [0.25, 0.3) is 0 Å². The highest BCUT2D eigenvalue weighted by atomic mass is 79.9. The highest BCUT2D eigenvalue weighted by molar-refractivity contribution is 9.10. The molecule has 0 bridgehead atoms. The number of benzene rings is 1. The van der Waals surface area contributed by atoms with E-state index in [0.717, 1.165) is 40.8 Å². The lowest BCUT2D eigenvalue weighted by Gasteiger charge is -2.05. The maximum Gasteiger partial charge on any atom is 0.0607 e. The molecule has 3 rings (SSSR count). The molecule has 0 aliphatic carbocycles. The van der Waals surface area contributed by atoms with Gasteiger partial charge in [0.05, 0.1) is 16.1 Å². The van der Waals surface area contributed by atoms with Crippen LogP contribution in [0.3, 0.4) is 0 Å². The molecule has 1 aromatic carbocycles. The number of nitrogens with one attached hydrogen (secondary N) is 1. The predicted octanol–water partition coefficient (Wildman–Crippen LogP) is 5.90. The lowest BCUT2D eigenvalue weighted by Crippen LogP contribution is -1.99. The third-order valence-electron chi connectivity index (χ3n) is 3.90. The number of unbranched alkanes of at least 4 members (excludes halogenated alkanes) is 1. The van der Waals surface area contributed by atoms with Crippen molar-refractivity contribution in [2.24, 2.45) is 5.73 Å². The second-order valence-corrected chi connectivity index (χ2v) is 7.67. The van der Waals surface area contributed by atoms with Gasteiger partial charge in [0.2, 0.25) is 0 Å². The number of nitrogens with two attached hydrogens (primary N) is 1. The Morgan fingerprint density at radius 3 is 2.82 bits per heavy atom. The van der Waals surface area contributed by atoms with Crippen LogP contribution in [0.2, 0.25) is 5.02 Å². The summed E-state index contributed by atoms with van der Waals surface area (Å²) in [7, 11) is 0. The smallest absolute Gasteiger partial charge is 0.0607 e. The molecule has 22 heavy (non-hydrogen) atoms. The Morgan fingerprint density at radius 1 is 1.32 bits per heavy atom. The zero-order valence-corrected chi connectivity index (χ0v) is 15.5. The van der Waals surface area contributed by atoms with Crippen LogP contribution in [0.4, 0.5) is 0 Å². The van der Waals surface area contributed by atoms with Crippen molar-refractivity contribution in [2.75, 3.05) is 6.54 Å². The molecule has 0 aliphatic heterocycles. The molecule has 0 fully saturated rings. The first-order valence-electron chi connectivity index (χ1n) is 7.36. The molecule has 0 unspecified atom stereocenters. The summed E-state index contributed by atoms with van der Waals surface area (Å²) in [6, 6.07) is 6.16. The first-order chi connectivity index (χ1) is 10.6. The number of aromatic nitrogens is 1. The molecule has 0 spiro atoms. The number of aromatic amines is 1. The van der Waals surface area contributed by atoms with Crippen molar-refractivity contribution in [1.29, 1.82) is 0 Å². The fourth-order valence-corrected chi connectivity index (χ4v) is 4.67. The van der Waals surface area contributed by atoms with Gasteiger partial charge in [-0.2, -0.15) is 0 Å². The zero-order valence-electron chi connectivity index (χ0n) is 12.4. The molecule has 0 atom stereocenters. The number of rotatable bonds is 5. The Hall–Kier alpha value is -0.810. The maximum absolute atomic E-state index is 6.26. The molecule has 5 heteroatoms. The molecule has 0 amide bonds. The van der Waals surface area contributed by atoms with Crippen LogP contribution in [0.15, 0.2) is 28.1 Å².